The maximum absolute atomic E-state index is 15.6. The summed E-state index contributed by atoms with van der Waals surface area (Å²) in [5.41, 5.74) is -0.372. The van der Waals surface area contributed by atoms with E-state index in [0.29, 0.717) is 36.3 Å². The van der Waals surface area contributed by atoms with Crippen molar-refractivity contribution in [2.45, 2.75) is 38.8 Å². The minimum absolute atomic E-state index is 0.00190. The fraction of sp³-hybridized carbons (Fsp3) is 0.343. The van der Waals surface area contributed by atoms with Crippen molar-refractivity contribution in [2.75, 3.05) is 49.6 Å². The molecule has 0 radical (unpaired) electrons. The summed E-state index contributed by atoms with van der Waals surface area (Å²) in [4.78, 5) is 74.4. The topological polar surface area (TPSA) is 151 Å². The highest BCUT2D eigenvalue weighted by molar-refractivity contribution is 6.33. The maximum Gasteiger partial charge on any atom is 0.416 e. The summed E-state index contributed by atoms with van der Waals surface area (Å²) >= 11 is 6.10. The van der Waals surface area contributed by atoms with Gasteiger partial charge in [0.2, 0.25) is 11.7 Å². The Hall–Kier alpha value is -5.62. The smallest absolute Gasteiger partial charge is 0.377 e. The van der Waals surface area contributed by atoms with Crippen molar-refractivity contribution in [3.63, 3.8) is 0 Å². The summed E-state index contributed by atoms with van der Waals surface area (Å²) in [6.07, 6.45) is -4.74. The number of anilines is 2. The maximum atomic E-state index is 15.6. The molecule has 2 aromatic carbocycles. The number of hydrogen-bond donors (Lipinski definition) is 1. The van der Waals surface area contributed by atoms with E-state index in [-0.39, 0.29) is 71.7 Å². The van der Waals surface area contributed by atoms with Crippen molar-refractivity contribution in [3.05, 3.63) is 92.1 Å². The highest BCUT2D eigenvalue weighted by atomic mass is 35.5. The van der Waals surface area contributed by atoms with Crippen LogP contribution in [0, 0.1) is 0 Å². The van der Waals surface area contributed by atoms with E-state index in [0.717, 1.165) is 22.2 Å². The molecule has 1 fully saturated rings. The first-order chi connectivity index (χ1) is 25.8. The van der Waals surface area contributed by atoms with E-state index < -0.39 is 53.8 Å². The second kappa shape index (κ2) is 14.3. The Labute approximate surface area is 308 Å². The Morgan fingerprint density at radius 2 is 1.70 bits per heavy atom. The van der Waals surface area contributed by atoms with E-state index in [1.54, 1.807) is 17.9 Å². The zero-order valence-electron chi connectivity index (χ0n) is 28.5. The quantitative estimate of drug-likeness (QED) is 0.160. The van der Waals surface area contributed by atoms with Crippen molar-refractivity contribution in [3.8, 4) is 0 Å². The Bertz CT molecular complexity index is 2260. The number of piperazine rings is 1. The highest BCUT2D eigenvalue weighted by Gasteiger charge is 2.45. The summed E-state index contributed by atoms with van der Waals surface area (Å²) in [5.74, 6) is -3.32. The molecule has 0 aliphatic carbocycles. The predicted molar refractivity (Wildman–Crippen MR) is 186 cm³/mol. The van der Waals surface area contributed by atoms with E-state index >= 15 is 4.39 Å². The van der Waals surface area contributed by atoms with Crippen molar-refractivity contribution in [1.29, 1.82) is 0 Å². The fourth-order valence-electron chi connectivity index (χ4n) is 6.75. The number of aromatic nitrogens is 4. The molecule has 54 heavy (non-hydrogen) atoms. The van der Waals surface area contributed by atoms with Crippen molar-refractivity contribution in [2.24, 2.45) is 0 Å². The molecule has 14 nitrogen and oxygen atoms in total. The number of nitrogens with one attached hydrogen (secondary N) is 1. The first kappa shape index (κ1) is 36.7. The first-order valence-electron chi connectivity index (χ1n) is 16.9. The minimum Gasteiger partial charge on any atom is -0.377 e. The largest absolute Gasteiger partial charge is 0.416 e. The molecule has 0 saturated carbocycles. The molecule has 0 spiro atoms. The number of nitrogens with zero attached hydrogens (tertiary/aromatic N) is 7. The van der Waals surface area contributed by atoms with Crippen LogP contribution in [0.1, 0.15) is 51.1 Å². The standard InChI is InChI=1S/C35H31ClF4N8O6/c1-2-25-27(44-11-13-45(14-12-44)33(53)28(37)47-30(50)21-5-3-4-6-22(21)31(47)51)32(52)48-34(42-29(43-48)19-9-15-54-16-10-19)46(25)18-26(49)41-24-8-7-20(17-23(24)36)35(38,39)40/h3-9,17,28H,2,10-16,18H2,1H3,(H,41,49). The third-order valence-electron chi connectivity index (χ3n) is 9.45. The predicted octanol–water partition coefficient (Wildman–Crippen LogP) is 3.81. The van der Waals surface area contributed by atoms with Crippen LogP contribution in [0.25, 0.3) is 11.4 Å². The van der Waals surface area contributed by atoms with Crippen LogP contribution >= 0.6 is 11.6 Å². The third-order valence-corrected chi connectivity index (χ3v) is 9.76. The van der Waals surface area contributed by atoms with Gasteiger partial charge >= 0.3 is 6.18 Å². The van der Waals surface area contributed by atoms with Gasteiger partial charge in [0.05, 0.1) is 46.3 Å². The molecule has 7 rings (SSSR count). The van der Waals surface area contributed by atoms with Crippen LogP contribution in [-0.2, 0) is 33.5 Å². The summed E-state index contributed by atoms with van der Waals surface area (Å²) < 4.78 is 63.2. The van der Waals surface area contributed by atoms with Gasteiger partial charge < -0.3 is 24.4 Å². The molecule has 1 atom stereocenters. The normalized spacial score (nSPS) is 16.9. The van der Waals surface area contributed by atoms with Crippen LogP contribution in [0.3, 0.4) is 0 Å². The first-order valence-corrected chi connectivity index (χ1v) is 17.3. The zero-order chi connectivity index (χ0) is 38.5. The summed E-state index contributed by atoms with van der Waals surface area (Å²) in [5, 5.41) is 6.69. The van der Waals surface area contributed by atoms with Gasteiger partial charge in [-0.25, -0.2) is 9.29 Å². The molecule has 0 bridgehead atoms. The molecular formula is C35H31ClF4N8O6. The van der Waals surface area contributed by atoms with Crippen LogP contribution < -0.4 is 15.8 Å². The van der Waals surface area contributed by atoms with Crippen LogP contribution in [0.4, 0.5) is 28.9 Å². The van der Waals surface area contributed by atoms with Gasteiger partial charge in [0.1, 0.15) is 12.2 Å². The fourth-order valence-corrected chi connectivity index (χ4v) is 6.97. The number of hydrogen-bond acceptors (Lipinski definition) is 9. The average Bonchev–Trinajstić information content (AvgIpc) is 3.72. The van der Waals surface area contributed by atoms with Crippen molar-refractivity contribution >= 4 is 58.0 Å². The molecule has 1 saturated heterocycles. The van der Waals surface area contributed by atoms with Crippen LogP contribution in [-0.4, -0.2) is 98.3 Å². The van der Waals surface area contributed by atoms with Gasteiger partial charge in [-0.1, -0.05) is 36.7 Å². The van der Waals surface area contributed by atoms with Crippen molar-refractivity contribution in [1.82, 2.24) is 29.0 Å². The van der Waals surface area contributed by atoms with Gasteiger partial charge in [-0.15, -0.1) is 5.10 Å². The Balaban J connectivity index is 1.17. The van der Waals surface area contributed by atoms with E-state index in [9.17, 15) is 37.1 Å². The molecular weight excluding hydrogens is 740 g/mol. The van der Waals surface area contributed by atoms with Crippen LogP contribution in [0.15, 0.2) is 53.3 Å². The summed E-state index contributed by atoms with van der Waals surface area (Å²) in [6.45, 7) is 1.94. The molecule has 4 aromatic rings. The number of ether oxygens (including phenoxy) is 1. The number of imide groups is 1. The summed E-state index contributed by atoms with van der Waals surface area (Å²) in [7, 11) is 0. The van der Waals surface area contributed by atoms with Gasteiger partial charge in [-0.3, -0.25) is 24.0 Å². The Morgan fingerprint density at radius 3 is 2.30 bits per heavy atom. The number of carbonyl (C=O) groups excluding carboxylic acids is 4. The van der Waals surface area contributed by atoms with Gasteiger partial charge in [0.25, 0.3) is 29.6 Å². The van der Waals surface area contributed by atoms with E-state index in [2.05, 4.69) is 15.4 Å². The molecule has 1 unspecified atom stereocenters. The number of benzene rings is 2. The number of alkyl halides is 4. The lowest BCUT2D eigenvalue weighted by atomic mass is 10.1. The molecule has 4 amide bonds. The minimum atomic E-state index is -4.64. The monoisotopic (exact) mass is 770 g/mol. The lowest BCUT2D eigenvalue weighted by Gasteiger charge is -2.37. The van der Waals surface area contributed by atoms with E-state index in [1.807, 2.05) is 0 Å². The average molecular weight is 771 g/mol. The van der Waals surface area contributed by atoms with Gasteiger partial charge in [0.15, 0.2) is 5.82 Å². The number of halogens is 5. The van der Waals surface area contributed by atoms with Crippen LogP contribution in [0.2, 0.25) is 5.02 Å². The lowest BCUT2D eigenvalue weighted by Crippen LogP contribution is -2.55. The van der Waals surface area contributed by atoms with Gasteiger partial charge in [-0.05, 0) is 48.7 Å². The second-order valence-corrected chi connectivity index (χ2v) is 13.1. The zero-order valence-corrected chi connectivity index (χ0v) is 29.3. The number of rotatable bonds is 8. The molecule has 2 aromatic heterocycles. The molecule has 282 valence electrons. The van der Waals surface area contributed by atoms with Gasteiger partial charge in [0, 0.05) is 26.2 Å². The third kappa shape index (κ3) is 6.59. The molecule has 3 aliphatic heterocycles. The molecule has 19 heteroatoms. The Kier molecular flexibility index (Phi) is 9.74. The van der Waals surface area contributed by atoms with E-state index in [4.69, 9.17) is 16.3 Å². The second-order valence-electron chi connectivity index (χ2n) is 12.7. The number of amides is 4. The SMILES string of the molecule is CCc1c(N2CCN(C(=O)C(F)N3C(=O)c4ccccc4C3=O)CC2)c(=O)n2nc(C3=CCOCC3)nc2n1CC(=O)Nc1ccc(C(F)(F)F)cc1Cl. The lowest BCUT2D eigenvalue weighted by molar-refractivity contribution is -0.141. The van der Waals surface area contributed by atoms with Gasteiger partial charge in [-0.2, -0.15) is 22.7 Å². The van der Waals surface area contributed by atoms with Crippen molar-refractivity contribution < 1.29 is 41.5 Å². The molecule has 1 N–H and O–H groups in total. The van der Waals surface area contributed by atoms with E-state index in [1.165, 1.54) is 33.7 Å². The number of carbonyl (C=O) groups is 4. The number of fused-ring (bicyclic) bond motifs is 2. The Morgan fingerprint density at radius 1 is 1.02 bits per heavy atom. The highest BCUT2D eigenvalue weighted by Crippen LogP contribution is 2.34. The van der Waals surface area contributed by atoms with Crippen LogP contribution in [0.5, 0.6) is 0 Å². The molecule has 5 heterocycles. The molecule has 3 aliphatic rings. The summed E-state index contributed by atoms with van der Waals surface area (Å²) in [6, 6.07) is 8.35.